The summed E-state index contributed by atoms with van der Waals surface area (Å²) < 4.78 is 31.8. The summed E-state index contributed by atoms with van der Waals surface area (Å²) in [6.07, 6.45) is 0.542. The Bertz CT molecular complexity index is 745. The fourth-order valence-corrected chi connectivity index (χ4v) is 3.01. The van der Waals surface area contributed by atoms with E-state index in [0.717, 1.165) is 5.56 Å². The quantitative estimate of drug-likeness (QED) is 0.739. The standard InChI is InChI=1S/C16H16ClNO4S/c17-16(19)12-22-14-8-6-13(7-9-14)10-11-18-23(20,21)15-4-2-1-3-5-15/h1-9,18H,10-12H2. The minimum absolute atomic E-state index is 0.183. The van der Waals surface area contributed by atoms with Crippen molar-refractivity contribution in [2.24, 2.45) is 0 Å². The first-order chi connectivity index (χ1) is 11.0. The highest BCUT2D eigenvalue weighted by molar-refractivity contribution is 7.89. The van der Waals surface area contributed by atoms with Crippen molar-refractivity contribution >= 4 is 26.9 Å². The third-order valence-corrected chi connectivity index (χ3v) is 4.62. The Morgan fingerprint density at radius 2 is 1.70 bits per heavy atom. The van der Waals surface area contributed by atoms with E-state index in [1.54, 1.807) is 42.5 Å². The molecular formula is C16H16ClNO4S. The summed E-state index contributed by atoms with van der Waals surface area (Å²) in [6, 6.07) is 15.3. The Balaban J connectivity index is 1.85. The van der Waals surface area contributed by atoms with Gasteiger partial charge in [0.1, 0.15) is 5.75 Å². The molecule has 0 saturated heterocycles. The van der Waals surface area contributed by atoms with Crippen molar-refractivity contribution in [2.75, 3.05) is 13.2 Å². The maximum Gasteiger partial charge on any atom is 0.259 e. The first kappa shape index (κ1) is 17.5. The number of carbonyl (C=O) groups excluding carboxylic acids is 1. The van der Waals surface area contributed by atoms with Crippen LogP contribution in [-0.4, -0.2) is 26.8 Å². The Morgan fingerprint density at radius 1 is 1.04 bits per heavy atom. The van der Waals surface area contributed by atoms with Crippen LogP contribution >= 0.6 is 11.6 Å². The monoisotopic (exact) mass is 353 g/mol. The summed E-state index contributed by atoms with van der Waals surface area (Å²) in [5.41, 5.74) is 0.949. The lowest BCUT2D eigenvalue weighted by Gasteiger charge is -2.08. The molecule has 7 heteroatoms. The van der Waals surface area contributed by atoms with Gasteiger partial charge in [0.25, 0.3) is 5.24 Å². The lowest BCUT2D eigenvalue weighted by Crippen LogP contribution is -2.25. The van der Waals surface area contributed by atoms with E-state index in [1.807, 2.05) is 12.1 Å². The van der Waals surface area contributed by atoms with Crippen molar-refractivity contribution in [1.82, 2.24) is 4.72 Å². The van der Waals surface area contributed by atoms with Gasteiger partial charge in [0, 0.05) is 6.54 Å². The van der Waals surface area contributed by atoms with Crippen molar-refractivity contribution in [2.45, 2.75) is 11.3 Å². The van der Waals surface area contributed by atoms with Crippen LogP contribution in [0.5, 0.6) is 5.75 Å². The third-order valence-electron chi connectivity index (χ3n) is 3.03. The lowest BCUT2D eigenvalue weighted by molar-refractivity contribution is -0.113. The highest BCUT2D eigenvalue weighted by atomic mass is 35.5. The van der Waals surface area contributed by atoms with Crippen molar-refractivity contribution in [3.05, 3.63) is 60.2 Å². The largest absolute Gasteiger partial charge is 0.484 e. The molecular weight excluding hydrogens is 338 g/mol. The van der Waals surface area contributed by atoms with Crippen LogP contribution in [0.3, 0.4) is 0 Å². The van der Waals surface area contributed by atoms with Crippen LogP contribution in [-0.2, 0) is 21.2 Å². The molecule has 5 nitrogen and oxygen atoms in total. The van der Waals surface area contributed by atoms with Gasteiger partial charge in [-0.3, -0.25) is 4.79 Å². The predicted molar refractivity (Wildman–Crippen MR) is 88.1 cm³/mol. The number of ether oxygens (including phenoxy) is 1. The summed E-state index contributed by atoms with van der Waals surface area (Å²) in [5, 5.41) is -0.565. The van der Waals surface area contributed by atoms with E-state index in [4.69, 9.17) is 16.3 Å². The topological polar surface area (TPSA) is 72.5 Å². The molecule has 23 heavy (non-hydrogen) atoms. The Labute approximate surface area is 140 Å². The van der Waals surface area contributed by atoms with E-state index in [9.17, 15) is 13.2 Å². The predicted octanol–water partition coefficient (Wildman–Crippen LogP) is 2.35. The molecule has 2 aromatic rings. The molecule has 0 aromatic heterocycles. The highest BCUT2D eigenvalue weighted by Gasteiger charge is 2.12. The summed E-state index contributed by atoms with van der Waals surface area (Å²) in [4.78, 5) is 10.9. The molecule has 0 spiro atoms. The fourth-order valence-electron chi connectivity index (χ4n) is 1.91. The van der Waals surface area contributed by atoms with Gasteiger partial charge in [0.15, 0.2) is 6.61 Å². The lowest BCUT2D eigenvalue weighted by atomic mass is 10.1. The van der Waals surface area contributed by atoms with Gasteiger partial charge in [-0.15, -0.1) is 0 Å². The minimum Gasteiger partial charge on any atom is -0.484 e. The Hall–Kier alpha value is -1.89. The van der Waals surface area contributed by atoms with Crippen LogP contribution in [0, 0.1) is 0 Å². The summed E-state index contributed by atoms with van der Waals surface area (Å²) >= 11 is 5.19. The Kier molecular flexibility index (Phi) is 6.15. The van der Waals surface area contributed by atoms with Gasteiger partial charge in [-0.25, -0.2) is 13.1 Å². The van der Waals surface area contributed by atoms with Crippen LogP contribution in [0.4, 0.5) is 0 Å². The average Bonchev–Trinajstić information content (AvgIpc) is 2.55. The van der Waals surface area contributed by atoms with E-state index >= 15 is 0 Å². The molecule has 2 aromatic carbocycles. The average molecular weight is 354 g/mol. The SMILES string of the molecule is O=C(Cl)COc1ccc(CCNS(=O)(=O)c2ccccc2)cc1. The van der Waals surface area contributed by atoms with Crippen molar-refractivity contribution in [3.63, 3.8) is 0 Å². The number of carbonyl (C=O) groups is 1. The van der Waals surface area contributed by atoms with Crippen LogP contribution in [0.25, 0.3) is 0 Å². The molecule has 0 fully saturated rings. The molecule has 0 aliphatic rings. The number of nitrogens with one attached hydrogen (secondary N) is 1. The van der Waals surface area contributed by atoms with E-state index < -0.39 is 15.3 Å². The van der Waals surface area contributed by atoms with Crippen molar-refractivity contribution < 1.29 is 17.9 Å². The molecule has 122 valence electrons. The summed E-state index contributed by atoms with van der Waals surface area (Å²) in [5.74, 6) is 0.535. The molecule has 0 radical (unpaired) electrons. The molecule has 1 N–H and O–H groups in total. The van der Waals surface area contributed by atoms with Crippen LogP contribution < -0.4 is 9.46 Å². The number of benzene rings is 2. The highest BCUT2D eigenvalue weighted by Crippen LogP contribution is 2.13. The van der Waals surface area contributed by atoms with Gasteiger partial charge in [-0.1, -0.05) is 30.3 Å². The second kappa shape index (κ2) is 8.10. The molecule has 0 amide bonds. The molecule has 0 saturated carbocycles. The smallest absolute Gasteiger partial charge is 0.259 e. The normalized spacial score (nSPS) is 11.2. The minimum atomic E-state index is -3.48. The van der Waals surface area contributed by atoms with Crippen LogP contribution in [0.2, 0.25) is 0 Å². The molecule has 0 atom stereocenters. The molecule has 0 unspecified atom stereocenters. The maximum absolute atomic E-state index is 12.0. The van der Waals surface area contributed by atoms with E-state index in [0.29, 0.717) is 12.2 Å². The van der Waals surface area contributed by atoms with Gasteiger partial charge in [0.05, 0.1) is 4.90 Å². The van der Waals surface area contributed by atoms with Crippen molar-refractivity contribution in [1.29, 1.82) is 0 Å². The second-order valence-corrected chi connectivity index (χ2v) is 6.94. The first-order valence-electron chi connectivity index (χ1n) is 6.92. The van der Waals surface area contributed by atoms with Crippen molar-refractivity contribution in [3.8, 4) is 5.75 Å². The number of halogens is 1. The van der Waals surface area contributed by atoms with Gasteiger partial charge in [-0.2, -0.15) is 0 Å². The first-order valence-corrected chi connectivity index (χ1v) is 8.78. The van der Waals surface area contributed by atoms with E-state index in [1.165, 1.54) is 0 Å². The zero-order valence-electron chi connectivity index (χ0n) is 12.2. The van der Waals surface area contributed by atoms with Gasteiger partial charge >= 0.3 is 0 Å². The number of rotatable bonds is 8. The zero-order chi connectivity index (χ0) is 16.7. The van der Waals surface area contributed by atoms with Gasteiger partial charge in [-0.05, 0) is 47.9 Å². The summed E-state index contributed by atoms with van der Waals surface area (Å²) in [7, 11) is -3.48. The van der Waals surface area contributed by atoms with Crippen LogP contribution in [0.15, 0.2) is 59.5 Å². The molecule has 2 rings (SSSR count). The maximum atomic E-state index is 12.0. The molecule has 0 heterocycles. The number of sulfonamides is 1. The third kappa shape index (κ3) is 5.67. The fraction of sp³-hybridized carbons (Fsp3) is 0.188. The van der Waals surface area contributed by atoms with E-state index in [-0.39, 0.29) is 18.0 Å². The Morgan fingerprint density at radius 3 is 2.30 bits per heavy atom. The van der Waals surface area contributed by atoms with Gasteiger partial charge < -0.3 is 4.74 Å². The number of hydrogen-bond acceptors (Lipinski definition) is 4. The zero-order valence-corrected chi connectivity index (χ0v) is 13.8. The summed E-state index contributed by atoms with van der Waals surface area (Å²) in [6.45, 7) is 0.107. The molecule has 0 aliphatic heterocycles. The number of hydrogen-bond donors (Lipinski definition) is 1. The second-order valence-electron chi connectivity index (χ2n) is 4.75. The molecule has 0 bridgehead atoms. The van der Waals surface area contributed by atoms with E-state index in [2.05, 4.69) is 4.72 Å². The van der Waals surface area contributed by atoms with Gasteiger partial charge in [0.2, 0.25) is 10.0 Å². The molecule has 0 aliphatic carbocycles. The van der Waals surface area contributed by atoms with Crippen LogP contribution in [0.1, 0.15) is 5.56 Å².